The van der Waals surface area contributed by atoms with Crippen LogP contribution in [0.25, 0.3) is 21.3 Å². The number of ether oxygens (including phenoxy) is 2. The summed E-state index contributed by atoms with van der Waals surface area (Å²) in [6.45, 7) is 5.10. The summed E-state index contributed by atoms with van der Waals surface area (Å²) in [5.74, 6) is -0.180. The zero-order chi connectivity index (χ0) is 27.4. The number of anilines is 4. The topological polar surface area (TPSA) is 101 Å². The number of hydrogen-bond acceptors (Lipinski definition) is 8. The lowest BCUT2D eigenvalue weighted by Gasteiger charge is -2.28. The van der Waals surface area contributed by atoms with Gasteiger partial charge in [0.25, 0.3) is 0 Å². The Kier molecular flexibility index (Phi) is 7.70. The van der Waals surface area contributed by atoms with Gasteiger partial charge in [-0.1, -0.05) is 6.07 Å². The smallest absolute Gasteiger partial charge is 0.404 e. The lowest BCUT2D eigenvalue weighted by Crippen LogP contribution is -2.36. The quantitative estimate of drug-likeness (QED) is 0.257. The number of alkyl halides is 3. The number of halogens is 3. The molecular formula is C26H25F3N6O3S. The van der Waals surface area contributed by atoms with Crippen LogP contribution in [-0.4, -0.2) is 55.2 Å². The van der Waals surface area contributed by atoms with Gasteiger partial charge in [-0.05, 0) is 48.9 Å². The Morgan fingerprint density at radius 2 is 1.92 bits per heavy atom. The van der Waals surface area contributed by atoms with E-state index in [2.05, 4.69) is 35.6 Å². The van der Waals surface area contributed by atoms with E-state index in [4.69, 9.17) is 4.74 Å². The SMILES string of the molecule is CCNC(=O)Nc1ccc(-c2csc3cnc(Nc4ccc(N5CCOCC5)cc4)nc23)cc1OC(F)(F)F. The molecule has 3 heterocycles. The van der Waals surface area contributed by atoms with Crippen molar-refractivity contribution in [3.05, 3.63) is 54.0 Å². The Labute approximate surface area is 226 Å². The molecule has 0 saturated carbocycles. The van der Waals surface area contributed by atoms with Crippen LogP contribution in [0.4, 0.5) is 41.0 Å². The molecule has 39 heavy (non-hydrogen) atoms. The standard InChI is InChI=1S/C26H25F3N6O3S/c1-2-30-25(36)33-20-8-3-16(13-21(20)38-26(27,28)29)19-15-39-22-14-31-24(34-23(19)22)32-17-4-6-18(7-5-17)35-9-11-37-12-10-35/h3-8,13-15H,2,9-12H2,1H3,(H2,30,33,36)(H,31,32,34). The van der Waals surface area contributed by atoms with E-state index in [9.17, 15) is 18.0 Å². The highest BCUT2D eigenvalue weighted by atomic mass is 32.1. The maximum absolute atomic E-state index is 13.1. The molecule has 2 aromatic carbocycles. The third-order valence-electron chi connectivity index (χ3n) is 5.92. The van der Waals surface area contributed by atoms with Gasteiger partial charge in [-0.3, -0.25) is 0 Å². The third-order valence-corrected chi connectivity index (χ3v) is 6.82. The number of benzene rings is 2. The molecular weight excluding hydrogens is 533 g/mol. The van der Waals surface area contributed by atoms with Crippen LogP contribution < -0.4 is 25.6 Å². The van der Waals surface area contributed by atoms with Gasteiger partial charge in [0.15, 0.2) is 5.75 Å². The molecule has 1 aliphatic rings. The van der Waals surface area contributed by atoms with Gasteiger partial charge >= 0.3 is 12.4 Å². The Morgan fingerprint density at radius 3 is 2.64 bits per heavy atom. The molecule has 204 valence electrons. The maximum atomic E-state index is 13.1. The van der Waals surface area contributed by atoms with Gasteiger partial charge < -0.3 is 30.3 Å². The van der Waals surface area contributed by atoms with E-state index < -0.39 is 18.1 Å². The number of carbonyl (C=O) groups excluding carboxylic acids is 1. The highest BCUT2D eigenvalue weighted by molar-refractivity contribution is 7.17. The first-order valence-corrected chi connectivity index (χ1v) is 13.1. The molecule has 9 nitrogen and oxygen atoms in total. The van der Waals surface area contributed by atoms with Crippen molar-refractivity contribution in [2.75, 3.05) is 48.4 Å². The fraction of sp³-hybridized carbons (Fsp3) is 0.269. The van der Waals surface area contributed by atoms with E-state index in [0.717, 1.165) is 29.2 Å². The molecule has 1 aliphatic heterocycles. The number of aromatic nitrogens is 2. The summed E-state index contributed by atoms with van der Waals surface area (Å²) < 4.78 is 49.8. The molecule has 0 aliphatic carbocycles. The summed E-state index contributed by atoms with van der Waals surface area (Å²) in [7, 11) is 0. The third kappa shape index (κ3) is 6.49. The number of fused-ring (bicyclic) bond motifs is 1. The summed E-state index contributed by atoms with van der Waals surface area (Å²) in [4.78, 5) is 23.2. The van der Waals surface area contributed by atoms with Gasteiger partial charge in [0.1, 0.15) is 0 Å². The summed E-state index contributed by atoms with van der Waals surface area (Å²) in [5.41, 5.74) is 3.41. The number of thiophene rings is 1. The van der Waals surface area contributed by atoms with Gasteiger partial charge in [0.2, 0.25) is 5.95 Å². The van der Waals surface area contributed by atoms with Crippen LogP contribution >= 0.6 is 11.3 Å². The van der Waals surface area contributed by atoms with Crippen LogP contribution in [-0.2, 0) is 4.74 Å². The van der Waals surface area contributed by atoms with Gasteiger partial charge in [-0.2, -0.15) is 0 Å². The molecule has 3 N–H and O–H groups in total. The largest absolute Gasteiger partial charge is 0.573 e. The number of nitrogens with zero attached hydrogens (tertiary/aromatic N) is 3. The van der Waals surface area contributed by atoms with Crippen LogP contribution in [0.1, 0.15) is 6.92 Å². The number of nitrogens with one attached hydrogen (secondary N) is 3. The fourth-order valence-corrected chi connectivity index (χ4v) is 5.00. The van der Waals surface area contributed by atoms with Crippen LogP contribution in [0.2, 0.25) is 0 Å². The number of hydrogen-bond donors (Lipinski definition) is 3. The Morgan fingerprint density at radius 1 is 1.15 bits per heavy atom. The molecule has 4 aromatic rings. The fourth-order valence-electron chi connectivity index (χ4n) is 4.13. The lowest BCUT2D eigenvalue weighted by atomic mass is 10.1. The van der Waals surface area contributed by atoms with Gasteiger partial charge in [0.05, 0.1) is 35.3 Å². The number of morpholine rings is 1. The average Bonchev–Trinajstić information content (AvgIpc) is 3.33. The van der Waals surface area contributed by atoms with Crippen molar-refractivity contribution in [2.24, 2.45) is 0 Å². The monoisotopic (exact) mass is 558 g/mol. The molecule has 1 saturated heterocycles. The van der Waals surface area contributed by atoms with Crippen molar-refractivity contribution in [3.8, 4) is 16.9 Å². The number of carbonyl (C=O) groups is 1. The van der Waals surface area contributed by atoms with E-state index in [1.807, 2.05) is 24.3 Å². The Hall–Kier alpha value is -4.10. The highest BCUT2D eigenvalue weighted by Crippen LogP contribution is 2.39. The first-order valence-electron chi connectivity index (χ1n) is 12.2. The number of urea groups is 1. The Bertz CT molecular complexity index is 1460. The summed E-state index contributed by atoms with van der Waals surface area (Å²) in [6.07, 6.45) is -3.28. The van der Waals surface area contributed by atoms with E-state index >= 15 is 0 Å². The zero-order valence-electron chi connectivity index (χ0n) is 20.8. The molecule has 0 spiro atoms. The Balaban J connectivity index is 1.41. The van der Waals surface area contributed by atoms with E-state index in [1.54, 1.807) is 24.6 Å². The van der Waals surface area contributed by atoms with Crippen molar-refractivity contribution < 1.29 is 27.4 Å². The summed E-state index contributed by atoms with van der Waals surface area (Å²) in [6, 6.07) is 11.5. The first-order chi connectivity index (χ1) is 18.8. The summed E-state index contributed by atoms with van der Waals surface area (Å²) >= 11 is 1.37. The highest BCUT2D eigenvalue weighted by Gasteiger charge is 2.32. The minimum atomic E-state index is -4.94. The van der Waals surface area contributed by atoms with Crippen molar-refractivity contribution in [1.82, 2.24) is 15.3 Å². The molecule has 13 heteroatoms. The zero-order valence-corrected chi connectivity index (χ0v) is 21.7. The van der Waals surface area contributed by atoms with Crippen molar-refractivity contribution in [1.29, 1.82) is 0 Å². The predicted octanol–water partition coefficient (Wildman–Crippen LogP) is 5.98. The second-order valence-corrected chi connectivity index (χ2v) is 9.48. The molecule has 0 bridgehead atoms. The van der Waals surface area contributed by atoms with Crippen LogP contribution in [0.3, 0.4) is 0 Å². The van der Waals surface area contributed by atoms with Gasteiger partial charge in [-0.25, -0.2) is 14.8 Å². The van der Waals surface area contributed by atoms with Crippen molar-refractivity contribution in [2.45, 2.75) is 13.3 Å². The molecule has 1 fully saturated rings. The maximum Gasteiger partial charge on any atom is 0.573 e. The number of amides is 2. The normalized spacial score (nSPS) is 13.8. The molecule has 0 radical (unpaired) electrons. The molecule has 0 unspecified atom stereocenters. The summed E-state index contributed by atoms with van der Waals surface area (Å²) in [5, 5.41) is 9.85. The molecule has 5 rings (SSSR count). The number of rotatable bonds is 7. The van der Waals surface area contributed by atoms with E-state index in [1.165, 1.54) is 23.5 Å². The lowest BCUT2D eigenvalue weighted by molar-refractivity contribution is -0.274. The molecule has 2 aromatic heterocycles. The molecule has 0 atom stereocenters. The van der Waals surface area contributed by atoms with Crippen LogP contribution in [0, 0.1) is 0 Å². The van der Waals surface area contributed by atoms with Crippen LogP contribution in [0.15, 0.2) is 54.0 Å². The van der Waals surface area contributed by atoms with E-state index in [0.29, 0.717) is 42.4 Å². The molecule has 2 amide bonds. The van der Waals surface area contributed by atoms with E-state index in [-0.39, 0.29) is 5.69 Å². The second kappa shape index (κ2) is 11.3. The second-order valence-electron chi connectivity index (χ2n) is 8.57. The first kappa shape index (κ1) is 26.5. The van der Waals surface area contributed by atoms with Crippen molar-refractivity contribution >= 4 is 50.6 Å². The predicted molar refractivity (Wildman–Crippen MR) is 145 cm³/mol. The van der Waals surface area contributed by atoms with Crippen LogP contribution in [0.5, 0.6) is 5.75 Å². The van der Waals surface area contributed by atoms with Gasteiger partial charge in [0, 0.05) is 42.0 Å². The average molecular weight is 559 g/mol. The van der Waals surface area contributed by atoms with Crippen molar-refractivity contribution in [3.63, 3.8) is 0 Å². The minimum absolute atomic E-state index is 0.112. The minimum Gasteiger partial charge on any atom is -0.404 e. The van der Waals surface area contributed by atoms with Gasteiger partial charge in [-0.15, -0.1) is 24.5 Å².